The maximum absolute atomic E-state index is 12.5. The van der Waals surface area contributed by atoms with Gasteiger partial charge in [0, 0.05) is 31.5 Å². The van der Waals surface area contributed by atoms with Crippen molar-refractivity contribution in [1.82, 2.24) is 14.9 Å². The Morgan fingerprint density at radius 3 is 2.27 bits per heavy atom. The van der Waals surface area contributed by atoms with Crippen LogP contribution in [0.2, 0.25) is 0 Å². The van der Waals surface area contributed by atoms with E-state index in [2.05, 4.69) is 15.3 Å². The second-order valence-corrected chi connectivity index (χ2v) is 7.75. The van der Waals surface area contributed by atoms with Crippen molar-refractivity contribution in [3.05, 3.63) is 41.7 Å². The summed E-state index contributed by atoms with van der Waals surface area (Å²) in [5.74, 6) is 1.84. The standard InChI is InChI=1S/C22H30N4O4/c1-15(2)29-19-8-17(9-20(10-19)30-16(3)4)11-23-22-24-12-18(13-25-22)21(27)26-6-5-7-28-14-26/h8-10,12-13,15-16H,5-7,11,14H2,1-4H3,(H,23,24,25). The van der Waals surface area contributed by atoms with Gasteiger partial charge in [-0.15, -0.1) is 0 Å². The molecule has 1 N–H and O–H groups in total. The molecule has 0 spiro atoms. The molecular weight excluding hydrogens is 384 g/mol. The first-order valence-corrected chi connectivity index (χ1v) is 10.3. The van der Waals surface area contributed by atoms with Crippen LogP contribution in [0, 0.1) is 0 Å². The van der Waals surface area contributed by atoms with Crippen LogP contribution in [0.5, 0.6) is 11.5 Å². The fourth-order valence-electron chi connectivity index (χ4n) is 3.06. The van der Waals surface area contributed by atoms with Crippen LogP contribution < -0.4 is 14.8 Å². The van der Waals surface area contributed by atoms with E-state index in [1.54, 1.807) is 4.90 Å². The number of hydrogen-bond donors (Lipinski definition) is 1. The number of anilines is 1. The van der Waals surface area contributed by atoms with Crippen LogP contribution in [-0.2, 0) is 11.3 Å². The third kappa shape index (κ3) is 6.32. The van der Waals surface area contributed by atoms with Crippen molar-refractivity contribution in [3.63, 3.8) is 0 Å². The number of rotatable bonds is 8. The van der Waals surface area contributed by atoms with Gasteiger partial charge in [0.05, 0.1) is 24.4 Å². The summed E-state index contributed by atoms with van der Waals surface area (Å²) in [7, 11) is 0. The lowest BCUT2D eigenvalue weighted by molar-refractivity contribution is -0.00575. The zero-order valence-electron chi connectivity index (χ0n) is 18.1. The molecule has 2 aromatic rings. The quantitative estimate of drug-likeness (QED) is 0.708. The molecule has 1 saturated heterocycles. The Bertz CT molecular complexity index is 805. The van der Waals surface area contributed by atoms with Crippen molar-refractivity contribution in [2.45, 2.75) is 52.9 Å². The molecule has 8 nitrogen and oxygen atoms in total. The SMILES string of the molecule is CC(C)Oc1cc(CNc2ncc(C(=O)N3CCCOC3)cn2)cc(OC(C)C)c1. The smallest absolute Gasteiger partial charge is 0.258 e. The number of benzene rings is 1. The highest BCUT2D eigenvalue weighted by Gasteiger charge is 2.19. The van der Waals surface area contributed by atoms with E-state index >= 15 is 0 Å². The van der Waals surface area contributed by atoms with E-state index in [9.17, 15) is 4.79 Å². The molecule has 162 valence electrons. The van der Waals surface area contributed by atoms with Gasteiger partial charge in [-0.25, -0.2) is 9.97 Å². The molecule has 0 radical (unpaired) electrons. The summed E-state index contributed by atoms with van der Waals surface area (Å²) in [6.07, 6.45) is 4.06. The van der Waals surface area contributed by atoms with E-state index in [0.29, 0.717) is 37.9 Å². The van der Waals surface area contributed by atoms with Crippen LogP contribution in [0.25, 0.3) is 0 Å². The summed E-state index contributed by atoms with van der Waals surface area (Å²) < 4.78 is 17.0. The van der Waals surface area contributed by atoms with Gasteiger partial charge in [-0.05, 0) is 51.8 Å². The third-order valence-electron chi connectivity index (χ3n) is 4.28. The molecule has 0 atom stereocenters. The number of amides is 1. The molecule has 30 heavy (non-hydrogen) atoms. The summed E-state index contributed by atoms with van der Waals surface area (Å²) >= 11 is 0. The van der Waals surface area contributed by atoms with Gasteiger partial charge in [0.25, 0.3) is 5.91 Å². The molecule has 1 aromatic heterocycles. The minimum Gasteiger partial charge on any atom is -0.491 e. The lowest BCUT2D eigenvalue weighted by atomic mass is 10.2. The predicted molar refractivity (Wildman–Crippen MR) is 114 cm³/mol. The molecule has 0 bridgehead atoms. The van der Waals surface area contributed by atoms with Gasteiger partial charge in [-0.3, -0.25) is 4.79 Å². The van der Waals surface area contributed by atoms with Gasteiger partial charge in [-0.1, -0.05) is 0 Å². The fourth-order valence-corrected chi connectivity index (χ4v) is 3.06. The highest BCUT2D eigenvalue weighted by atomic mass is 16.5. The highest BCUT2D eigenvalue weighted by Crippen LogP contribution is 2.25. The maximum atomic E-state index is 12.5. The Kier molecular flexibility index (Phi) is 7.46. The Hall–Kier alpha value is -2.87. The molecule has 0 unspecified atom stereocenters. The van der Waals surface area contributed by atoms with E-state index < -0.39 is 0 Å². The minimum absolute atomic E-state index is 0.0684. The number of nitrogens with one attached hydrogen (secondary N) is 1. The van der Waals surface area contributed by atoms with Crippen molar-refractivity contribution >= 4 is 11.9 Å². The Balaban J connectivity index is 1.64. The predicted octanol–water partition coefficient (Wildman–Crippen LogP) is 3.48. The monoisotopic (exact) mass is 414 g/mol. The first-order valence-electron chi connectivity index (χ1n) is 10.3. The molecule has 1 fully saturated rings. The second kappa shape index (κ2) is 10.2. The molecule has 1 amide bonds. The topological polar surface area (TPSA) is 85.8 Å². The van der Waals surface area contributed by atoms with Crippen molar-refractivity contribution in [1.29, 1.82) is 0 Å². The Morgan fingerprint density at radius 1 is 1.10 bits per heavy atom. The van der Waals surface area contributed by atoms with Gasteiger partial charge in [0.1, 0.15) is 18.2 Å². The zero-order valence-corrected chi connectivity index (χ0v) is 18.1. The molecule has 3 rings (SSSR count). The third-order valence-corrected chi connectivity index (χ3v) is 4.28. The van der Waals surface area contributed by atoms with Gasteiger partial charge in [0.2, 0.25) is 5.95 Å². The molecule has 2 heterocycles. The zero-order chi connectivity index (χ0) is 21.5. The Labute approximate surface area is 177 Å². The minimum atomic E-state index is -0.115. The molecule has 0 aliphatic carbocycles. The number of hydrogen-bond acceptors (Lipinski definition) is 7. The number of carbonyl (C=O) groups is 1. The largest absolute Gasteiger partial charge is 0.491 e. The summed E-state index contributed by atoms with van der Waals surface area (Å²) in [4.78, 5) is 22.7. The fraction of sp³-hybridized carbons (Fsp3) is 0.500. The van der Waals surface area contributed by atoms with E-state index in [-0.39, 0.29) is 18.1 Å². The van der Waals surface area contributed by atoms with Crippen molar-refractivity contribution in [2.75, 3.05) is 25.2 Å². The normalized spacial score (nSPS) is 14.1. The van der Waals surface area contributed by atoms with Crippen LogP contribution in [-0.4, -0.2) is 52.9 Å². The summed E-state index contributed by atoms with van der Waals surface area (Å²) in [6.45, 7) is 10.1. The van der Waals surface area contributed by atoms with E-state index in [0.717, 1.165) is 23.5 Å². The molecule has 8 heteroatoms. The highest BCUT2D eigenvalue weighted by molar-refractivity contribution is 5.93. The molecule has 0 saturated carbocycles. The van der Waals surface area contributed by atoms with E-state index in [1.807, 2.05) is 45.9 Å². The first-order chi connectivity index (χ1) is 14.4. The van der Waals surface area contributed by atoms with E-state index in [1.165, 1.54) is 12.4 Å². The van der Waals surface area contributed by atoms with Crippen LogP contribution >= 0.6 is 0 Å². The van der Waals surface area contributed by atoms with Crippen LogP contribution in [0.3, 0.4) is 0 Å². The summed E-state index contributed by atoms with van der Waals surface area (Å²) in [5, 5.41) is 3.18. The lowest BCUT2D eigenvalue weighted by Gasteiger charge is -2.26. The average molecular weight is 415 g/mol. The molecule has 1 aliphatic rings. The Morgan fingerprint density at radius 2 is 1.73 bits per heavy atom. The van der Waals surface area contributed by atoms with Crippen LogP contribution in [0.4, 0.5) is 5.95 Å². The van der Waals surface area contributed by atoms with Gasteiger partial charge in [-0.2, -0.15) is 0 Å². The van der Waals surface area contributed by atoms with Crippen molar-refractivity contribution < 1.29 is 19.0 Å². The number of nitrogens with zero attached hydrogens (tertiary/aromatic N) is 3. The number of aromatic nitrogens is 2. The number of carbonyl (C=O) groups excluding carboxylic acids is 1. The van der Waals surface area contributed by atoms with Crippen molar-refractivity contribution in [2.24, 2.45) is 0 Å². The summed E-state index contributed by atoms with van der Waals surface area (Å²) in [6, 6.07) is 5.83. The summed E-state index contributed by atoms with van der Waals surface area (Å²) in [5.41, 5.74) is 1.43. The maximum Gasteiger partial charge on any atom is 0.258 e. The lowest BCUT2D eigenvalue weighted by Crippen LogP contribution is -2.38. The molecular formula is C22H30N4O4. The van der Waals surface area contributed by atoms with E-state index in [4.69, 9.17) is 14.2 Å². The first kappa shape index (κ1) is 21.8. The second-order valence-electron chi connectivity index (χ2n) is 7.75. The molecule has 1 aromatic carbocycles. The average Bonchev–Trinajstić information content (AvgIpc) is 2.71. The van der Waals surface area contributed by atoms with Gasteiger partial charge < -0.3 is 24.4 Å². The van der Waals surface area contributed by atoms with Crippen LogP contribution in [0.1, 0.15) is 50.0 Å². The van der Waals surface area contributed by atoms with Gasteiger partial charge in [0.15, 0.2) is 0 Å². The number of ether oxygens (including phenoxy) is 3. The van der Waals surface area contributed by atoms with Crippen LogP contribution in [0.15, 0.2) is 30.6 Å². The van der Waals surface area contributed by atoms with Gasteiger partial charge >= 0.3 is 0 Å². The molecule has 1 aliphatic heterocycles. The van der Waals surface area contributed by atoms with Crippen molar-refractivity contribution in [3.8, 4) is 11.5 Å².